The number of hydrogen-bond acceptors (Lipinski definition) is 3. The highest BCUT2D eigenvalue weighted by molar-refractivity contribution is 5.97. The Morgan fingerprint density at radius 3 is 2.65 bits per heavy atom. The van der Waals surface area contributed by atoms with Crippen LogP contribution in [0.3, 0.4) is 0 Å². The van der Waals surface area contributed by atoms with Crippen LogP contribution in [0.25, 0.3) is 0 Å². The monoisotopic (exact) mass is 236 g/mol. The standard InChI is InChI=1S/C13H17FN2O/c1-15-5-7-16(8-6-15)10-13(17)11-3-2-4-12(14)9-11/h2-4,9H,5-8,10H2,1H3. The van der Waals surface area contributed by atoms with Crippen LogP contribution >= 0.6 is 0 Å². The zero-order valence-corrected chi connectivity index (χ0v) is 10.0. The highest BCUT2D eigenvalue weighted by Crippen LogP contribution is 2.07. The largest absolute Gasteiger partial charge is 0.304 e. The lowest BCUT2D eigenvalue weighted by molar-refractivity contribution is 0.0876. The number of hydrogen-bond donors (Lipinski definition) is 0. The Kier molecular flexibility index (Phi) is 3.86. The van der Waals surface area contributed by atoms with Crippen LogP contribution < -0.4 is 0 Å². The van der Waals surface area contributed by atoms with E-state index in [-0.39, 0.29) is 11.6 Å². The van der Waals surface area contributed by atoms with Gasteiger partial charge < -0.3 is 4.90 Å². The summed E-state index contributed by atoms with van der Waals surface area (Å²) in [7, 11) is 2.08. The quantitative estimate of drug-likeness (QED) is 0.738. The summed E-state index contributed by atoms with van der Waals surface area (Å²) in [6, 6.07) is 5.90. The van der Waals surface area contributed by atoms with E-state index in [9.17, 15) is 9.18 Å². The van der Waals surface area contributed by atoms with Crippen molar-refractivity contribution in [3.63, 3.8) is 0 Å². The third kappa shape index (κ3) is 3.35. The Labute approximate surface area is 101 Å². The van der Waals surface area contributed by atoms with Gasteiger partial charge in [-0.25, -0.2) is 4.39 Å². The van der Waals surface area contributed by atoms with E-state index in [4.69, 9.17) is 0 Å². The van der Waals surface area contributed by atoms with E-state index < -0.39 is 0 Å². The molecular weight excluding hydrogens is 219 g/mol. The molecule has 0 N–H and O–H groups in total. The molecule has 0 spiro atoms. The van der Waals surface area contributed by atoms with Gasteiger partial charge in [-0.3, -0.25) is 9.69 Å². The van der Waals surface area contributed by atoms with Crippen LogP contribution in [0.15, 0.2) is 24.3 Å². The highest BCUT2D eigenvalue weighted by atomic mass is 19.1. The zero-order valence-electron chi connectivity index (χ0n) is 10.0. The first-order valence-electron chi connectivity index (χ1n) is 5.85. The van der Waals surface area contributed by atoms with E-state index in [2.05, 4.69) is 16.8 Å². The molecule has 0 unspecified atom stereocenters. The molecule has 1 heterocycles. The van der Waals surface area contributed by atoms with Crippen molar-refractivity contribution in [2.75, 3.05) is 39.8 Å². The van der Waals surface area contributed by atoms with Gasteiger partial charge in [0.15, 0.2) is 5.78 Å². The van der Waals surface area contributed by atoms with Crippen molar-refractivity contribution in [2.24, 2.45) is 0 Å². The number of ketones is 1. The van der Waals surface area contributed by atoms with Gasteiger partial charge in [-0.05, 0) is 19.2 Å². The number of piperazine rings is 1. The number of benzene rings is 1. The lowest BCUT2D eigenvalue weighted by Crippen LogP contribution is -2.46. The summed E-state index contributed by atoms with van der Waals surface area (Å²) in [5, 5.41) is 0. The molecule has 17 heavy (non-hydrogen) atoms. The molecule has 1 aromatic rings. The second-order valence-electron chi connectivity index (χ2n) is 4.51. The van der Waals surface area contributed by atoms with Crippen LogP contribution in [-0.4, -0.2) is 55.4 Å². The van der Waals surface area contributed by atoms with Crippen molar-refractivity contribution in [2.45, 2.75) is 0 Å². The van der Waals surface area contributed by atoms with Gasteiger partial charge in [-0.1, -0.05) is 12.1 Å². The minimum Gasteiger partial charge on any atom is -0.304 e. The van der Waals surface area contributed by atoms with E-state index in [1.54, 1.807) is 12.1 Å². The topological polar surface area (TPSA) is 23.6 Å². The lowest BCUT2D eigenvalue weighted by atomic mass is 10.1. The van der Waals surface area contributed by atoms with Gasteiger partial charge in [0, 0.05) is 31.7 Å². The van der Waals surface area contributed by atoms with Gasteiger partial charge >= 0.3 is 0 Å². The Morgan fingerprint density at radius 1 is 1.29 bits per heavy atom. The molecule has 0 atom stereocenters. The first-order chi connectivity index (χ1) is 8.15. The minimum absolute atomic E-state index is 0.00551. The molecule has 4 heteroatoms. The number of halogens is 1. The summed E-state index contributed by atoms with van der Waals surface area (Å²) in [4.78, 5) is 16.3. The third-order valence-corrected chi connectivity index (χ3v) is 3.11. The van der Waals surface area contributed by atoms with Gasteiger partial charge in [0.2, 0.25) is 0 Å². The van der Waals surface area contributed by atoms with Gasteiger partial charge in [-0.2, -0.15) is 0 Å². The fraction of sp³-hybridized carbons (Fsp3) is 0.462. The zero-order chi connectivity index (χ0) is 12.3. The Hall–Kier alpha value is -1.26. The molecule has 1 fully saturated rings. The molecule has 2 rings (SSSR count). The molecule has 1 aliphatic rings. The summed E-state index contributed by atoms with van der Waals surface area (Å²) in [5.74, 6) is -0.358. The minimum atomic E-state index is -0.353. The number of carbonyl (C=O) groups excluding carboxylic acids is 1. The average molecular weight is 236 g/mol. The van der Waals surface area contributed by atoms with E-state index in [0.717, 1.165) is 26.2 Å². The third-order valence-electron chi connectivity index (χ3n) is 3.11. The van der Waals surface area contributed by atoms with E-state index >= 15 is 0 Å². The predicted molar refractivity (Wildman–Crippen MR) is 64.7 cm³/mol. The maximum atomic E-state index is 13.0. The number of likely N-dealkylation sites (N-methyl/N-ethyl adjacent to an activating group) is 1. The van der Waals surface area contributed by atoms with Crippen LogP contribution in [-0.2, 0) is 0 Å². The predicted octanol–water partition coefficient (Wildman–Crippen LogP) is 1.26. The second kappa shape index (κ2) is 5.38. The van der Waals surface area contributed by atoms with Crippen LogP contribution in [0, 0.1) is 5.82 Å². The molecule has 1 aliphatic heterocycles. The Bertz CT molecular complexity index is 400. The van der Waals surface area contributed by atoms with Crippen LogP contribution in [0.1, 0.15) is 10.4 Å². The van der Waals surface area contributed by atoms with Crippen LogP contribution in [0.5, 0.6) is 0 Å². The van der Waals surface area contributed by atoms with E-state index in [1.807, 2.05) is 0 Å². The molecule has 0 aliphatic carbocycles. The molecule has 92 valence electrons. The first kappa shape index (κ1) is 12.2. The molecule has 1 saturated heterocycles. The number of nitrogens with zero attached hydrogens (tertiary/aromatic N) is 2. The van der Waals surface area contributed by atoms with Gasteiger partial charge in [0.25, 0.3) is 0 Å². The fourth-order valence-corrected chi connectivity index (χ4v) is 1.96. The number of carbonyl (C=O) groups is 1. The maximum Gasteiger partial charge on any atom is 0.176 e. The normalized spacial score (nSPS) is 18.2. The fourth-order valence-electron chi connectivity index (χ4n) is 1.96. The molecule has 0 saturated carbocycles. The summed E-state index contributed by atoms with van der Waals surface area (Å²) >= 11 is 0. The summed E-state index contributed by atoms with van der Waals surface area (Å²) in [5.41, 5.74) is 0.462. The molecule has 3 nitrogen and oxygen atoms in total. The van der Waals surface area contributed by atoms with E-state index in [1.165, 1.54) is 12.1 Å². The smallest absolute Gasteiger partial charge is 0.176 e. The van der Waals surface area contributed by atoms with Crippen LogP contribution in [0.4, 0.5) is 4.39 Å². The van der Waals surface area contributed by atoms with Gasteiger partial charge in [-0.15, -0.1) is 0 Å². The molecular formula is C13H17FN2O. The maximum absolute atomic E-state index is 13.0. The SMILES string of the molecule is CN1CCN(CC(=O)c2cccc(F)c2)CC1. The summed E-state index contributed by atoms with van der Waals surface area (Å²) in [6.45, 7) is 4.15. The summed E-state index contributed by atoms with van der Waals surface area (Å²) in [6.07, 6.45) is 0. The first-order valence-corrected chi connectivity index (χ1v) is 5.85. The second-order valence-corrected chi connectivity index (χ2v) is 4.51. The highest BCUT2D eigenvalue weighted by Gasteiger charge is 2.17. The van der Waals surface area contributed by atoms with Crippen molar-refractivity contribution < 1.29 is 9.18 Å². The van der Waals surface area contributed by atoms with Crippen molar-refractivity contribution >= 4 is 5.78 Å². The van der Waals surface area contributed by atoms with Crippen molar-refractivity contribution in [1.82, 2.24) is 9.80 Å². The average Bonchev–Trinajstić information content (AvgIpc) is 2.32. The molecule has 0 bridgehead atoms. The van der Waals surface area contributed by atoms with Crippen molar-refractivity contribution in [3.8, 4) is 0 Å². The van der Waals surface area contributed by atoms with E-state index in [0.29, 0.717) is 12.1 Å². The van der Waals surface area contributed by atoms with Gasteiger partial charge in [0.1, 0.15) is 5.82 Å². The number of rotatable bonds is 3. The van der Waals surface area contributed by atoms with Gasteiger partial charge in [0.05, 0.1) is 6.54 Å². The van der Waals surface area contributed by atoms with Crippen molar-refractivity contribution in [3.05, 3.63) is 35.6 Å². The molecule has 0 amide bonds. The molecule has 0 radical (unpaired) electrons. The Morgan fingerprint density at radius 2 is 2.00 bits per heavy atom. The Balaban J connectivity index is 1.93. The molecule has 0 aromatic heterocycles. The number of Topliss-reactive ketones (excluding diaryl/α,β-unsaturated/α-hetero) is 1. The summed E-state index contributed by atoms with van der Waals surface area (Å²) < 4.78 is 13.0. The molecule has 1 aromatic carbocycles. The van der Waals surface area contributed by atoms with Crippen molar-refractivity contribution in [1.29, 1.82) is 0 Å². The van der Waals surface area contributed by atoms with Crippen LogP contribution in [0.2, 0.25) is 0 Å². The lowest BCUT2D eigenvalue weighted by Gasteiger charge is -2.31.